The van der Waals surface area contributed by atoms with Crippen LogP contribution >= 0.6 is 24.8 Å². The van der Waals surface area contributed by atoms with E-state index in [0.29, 0.717) is 12.3 Å². The van der Waals surface area contributed by atoms with Crippen LogP contribution in [0.1, 0.15) is 25.7 Å². The normalized spacial score (nSPS) is 19.9. The van der Waals surface area contributed by atoms with Gasteiger partial charge in [-0.3, -0.25) is 9.69 Å². The van der Waals surface area contributed by atoms with Gasteiger partial charge in [-0.2, -0.15) is 0 Å². The van der Waals surface area contributed by atoms with Crippen LogP contribution in [-0.4, -0.2) is 61.5 Å². The first-order valence-electron chi connectivity index (χ1n) is 6.47. The zero-order chi connectivity index (χ0) is 11.4. The van der Waals surface area contributed by atoms with E-state index in [0.717, 1.165) is 45.2 Å². The highest BCUT2D eigenvalue weighted by atomic mass is 35.5. The van der Waals surface area contributed by atoms with Gasteiger partial charge in [0.2, 0.25) is 5.91 Å². The lowest BCUT2D eigenvalue weighted by atomic mass is 10.2. The fourth-order valence-corrected chi connectivity index (χ4v) is 2.35. The molecule has 1 heterocycles. The van der Waals surface area contributed by atoms with Crippen LogP contribution in [0.25, 0.3) is 0 Å². The molecule has 0 aromatic carbocycles. The smallest absolute Gasteiger partial charge is 0.222 e. The summed E-state index contributed by atoms with van der Waals surface area (Å²) in [5.41, 5.74) is 0. The number of nitrogens with zero attached hydrogens (tertiary/aromatic N) is 2. The number of hydrogen-bond acceptors (Lipinski definition) is 3. The van der Waals surface area contributed by atoms with Gasteiger partial charge in [-0.1, -0.05) is 0 Å². The topological polar surface area (TPSA) is 35.6 Å². The highest BCUT2D eigenvalue weighted by Gasteiger charge is 2.31. The Labute approximate surface area is 122 Å². The van der Waals surface area contributed by atoms with Crippen LogP contribution in [0.4, 0.5) is 0 Å². The molecule has 1 amide bonds. The molecule has 2 aliphatic rings. The molecule has 108 valence electrons. The number of carbonyl (C=O) groups is 1. The van der Waals surface area contributed by atoms with Crippen molar-refractivity contribution >= 4 is 30.7 Å². The quantitative estimate of drug-likeness (QED) is 0.773. The number of halogens is 2. The SMILES string of the molecule is CNCCCC(=O)N1CCN(C2CC2)CC1.Cl.Cl. The van der Waals surface area contributed by atoms with E-state index in [-0.39, 0.29) is 24.8 Å². The summed E-state index contributed by atoms with van der Waals surface area (Å²) in [6.45, 7) is 4.99. The van der Waals surface area contributed by atoms with Crippen molar-refractivity contribution in [3.05, 3.63) is 0 Å². The van der Waals surface area contributed by atoms with E-state index in [9.17, 15) is 4.79 Å². The third-order valence-electron chi connectivity index (χ3n) is 3.55. The molecule has 0 aromatic rings. The standard InChI is InChI=1S/C12H23N3O.2ClH/c1-13-6-2-3-12(16)15-9-7-14(8-10-15)11-4-5-11;;/h11,13H,2-10H2,1H3;2*1H. The van der Waals surface area contributed by atoms with Gasteiger partial charge in [0.05, 0.1) is 0 Å². The van der Waals surface area contributed by atoms with Gasteiger partial charge in [0.15, 0.2) is 0 Å². The summed E-state index contributed by atoms with van der Waals surface area (Å²) in [5, 5.41) is 3.08. The molecule has 0 bridgehead atoms. The van der Waals surface area contributed by atoms with Gasteiger partial charge >= 0.3 is 0 Å². The van der Waals surface area contributed by atoms with Gasteiger partial charge in [0.1, 0.15) is 0 Å². The lowest BCUT2D eigenvalue weighted by molar-refractivity contribution is -0.133. The second-order valence-electron chi connectivity index (χ2n) is 4.86. The van der Waals surface area contributed by atoms with E-state index in [4.69, 9.17) is 0 Å². The lowest BCUT2D eigenvalue weighted by Crippen LogP contribution is -2.49. The van der Waals surface area contributed by atoms with Gasteiger partial charge < -0.3 is 10.2 Å². The summed E-state index contributed by atoms with van der Waals surface area (Å²) in [6.07, 6.45) is 4.40. The van der Waals surface area contributed by atoms with Gasteiger partial charge in [-0.25, -0.2) is 0 Å². The maximum atomic E-state index is 11.8. The molecule has 1 N–H and O–H groups in total. The summed E-state index contributed by atoms with van der Waals surface area (Å²) < 4.78 is 0. The first kappa shape index (κ1) is 18.0. The minimum Gasteiger partial charge on any atom is -0.340 e. The molecular formula is C12H25Cl2N3O. The second-order valence-corrected chi connectivity index (χ2v) is 4.86. The van der Waals surface area contributed by atoms with Gasteiger partial charge in [0, 0.05) is 38.6 Å². The molecular weight excluding hydrogens is 273 g/mol. The number of nitrogens with one attached hydrogen (secondary N) is 1. The van der Waals surface area contributed by atoms with E-state index in [2.05, 4.69) is 10.2 Å². The molecule has 1 saturated carbocycles. The Balaban J connectivity index is 0.00000144. The maximum absolute atomic E-state index is 11.8. The molecule has 1 aliphatic heterocycles. The van der Waals surface area contributed by atoms with Crippen molar-refractivity contribution in [1.82, 2.24) is 15.1 Å². The van der Waals surface area contributed by atoms with E-state index >= 15 is 0 Å². The summed E-state index contributed by atoms with van der Waals surface area (Å²) in [4.78, 5) is 16.4. The van der Waals surface area contributed by atoms with Gasteiger partial charge in [-0.05, 0) is 32.9 Å². The summed E-state index contributed by atoms with van der Waals surface area (Å²) in [7, 11) is 1.93. The van der Waals surface area contributed by atoms with Crippen molar-refractivity contribution in [2.75, 3.05) is 39.8 Å². The minimum atomic E-state index is 0. The molecule has 4 nitrogen and oxygen atoms in total. The molecule has 1 saturated heterocycles. The van der Waals surface area contributed by atoms with Crippen molar-refractivity contribution in [2.24, 2.45) is 0 Å². The van der Waals surface area contributed by atoms with Crippen LogP contribution < -0.4 is 5.32 Å². The first-order chi connectivity index (χ1) is 7.81. The van der Waals surface area contributed by atoms with Crippen LogP contribution in [0.2, 0.25) is 0 Å². The molecule has 0 spiro atoms. The first-order valence-corrected chi connectivity index (χ1v) is 6.47. The van der Waals surface area contributed by atoms with E-state index in [1.165, 1.54) is 12.8 Å². The number of rotatable bonds is 5. The fourth-order valence-electron chi connectivity index (χ4n) is 2.35. The molecule has 1 aliphatic carbocycles. The molecule has 6 heteroatoms. The van der Waals surface area contributed by atoms with Crippen molar-refractivity contribution < 1.29 is 4.79 Å². The van der Waals surface area contributed by atoms with E-state index in [1.807, 2.05) is 11.9 Å². The zero-order valence-electron chi connectivity index (χ0n) is 11.1. The van der Waals surface area contributed by atoms with Gasteiger partial charge in [-0.15, -0.1) is 24.8 Å². The Morgan fingerprint density at radius 1 is 1.17 bits per heavy atom. The van der Waals surface area contributed by atoms with Crippen LogP contribution in [0.5, 0.6) is 0 Å². The molecule has 0 radical (unpaired) electrons. The third kappa shape index (κ3) is 5.31. The third-order valence-corrected chi connectivity index (χ3v) is 3.55. The highest BCUT2D eigenvalue weighted by molar-refractivity contribution is 5.85. The van der Waals surface area contributed by atoms with Crippen molar-refractivity contribution in [3.8, 4) is 0 Å². The van der Waals surface area contributed by atoms with E-state index in [1.54, 1.807) is 0 Å². The Kier molecular flexibility index (Phi) is 8.95. The summed E-state index contributed by atoms with van der Waals surface area (Å²) in [5.74, 6) is 0.339. The van der Waals surface area contributed by atoms with Crippen LogP contribution in [0, 0.1) is 0 Å². The van der Waals surface area contributed by atoms with Crippen LogP contribution in [0.3, 0.4) is 0 Å². The Bertz CT molecular complexity index is 241. The second kappa shape index (κ2) is 8.97. The molecule has 2 rings (SSSR count). The average molecular weight is 298 g/mol. The Morgan fingerprint density at radius 2 is 1.78 bits per heavy atom. The molecule has 0 unspecified atom stereocenters. The number of amides is 1. The van der Waals surface area contributed by atoms with Gasteiger partial charge in [0.25, 0.3) is 0 Å². The predicted octanol–water partition coefficient (Wildman–Crippen LogP) is 1.14. The number of piperazine rings is 1. The monoisotopic (exact) mass is 297 g/mol. The van der Waals surface area contributed by atoms with Crippen LogP contribution in [0.15, 0.2) is 0 Å². The molecule has 2 fully saturated rings. The molecule has 18 heavy (non-hydrogen) atoms. The van der Waals surface area contributed by atoms with Crippen molar-refractivity contribution in [3.63, 3.8) is 0 Å². The zero-order valence-corrected chi connectivity index (χ0v) is 12.7. The Morgan fingerprint density at radius 3 is 2.28 bits per heavy atom. The van der Waals surface area contributed by atoms with Crippen molar-refractivity contribution in [1.29, 1.82) is 0 Å². The summed E-state index contributed by atoms with van der Waals surface area (Å²) >= 11 is 0. The van der Waals surface area contributed by atoms with E-state index < -0.39 is 0 Å². The average Bonchev–Trinajstić information content (AvgIpc) is 3.13. The number of hydrogen-bond donors (Lipinski definition) is 1. The lowest BCUT2D eigenvalue weighted by Gasteiger charge is -2.34. The predicted molar refractivity (Wildman–Crippen MR) is 78.8 cm³/mol. The maximum Gasteiger partial charge on any atom is 0.222 e. The summed E-state index contributed by atoms with van der Waals surface area (Å²) in [6, 6.07) is 0.849. The largest absolute Gasteiger partial charge is 0.340 e. The minimum absolute atomic E-state index is 0. The molecule has 0 aromatic heterocycles. The van der Waals surface area contributed by atoms with Crippen molar-refractivity contribution in [2.45, 2.75) is 31.7 Å². The Hall–Kier alpha value is -0.0300. The molecule has 0 atom stereocenters. The number of carbonyl (C=O) groups excluding carboxylic acids is 1. The van der Waals surface area contributed by atoms with Crippen LogP contribution in [-0.2, 0) is 4.79 Å². The highest BCUT2D eigenvalue weighted by Crippen LogP contribution is 2.27. The fraction of sp³-hybridized carbons (Fsp3) is 0.917.